The third-order valence-electron chi connectivity index (χ3n) is 0. The van der Waals surface area contributed by atoms with E-state index in [1.54, 1.807) is 0 Å². The minimum atomic E-state index is -0.833. The summed E-state index contributed by atoms with van der Waals surface area (Å²) in [5.74, 6) is -0.833. The largest absolute Gasteiger partial charge is 2.00 e. The Hall–Kier alpha value is 0.569. The molecule has 0 atom stereocenters. The molecule has 0 saturated heterocycles. The predicted molar refractivity (Wildman–Crippen MR) is 13.3 cm³/mol. The van der Waals surface area contributed by atoms with Crippen LogP contribution in [0.4, 0.5) is 0 Å². The van der Waals surface area contributed by atoms with Crippen LogP contribution in [0.15, 0.2) is 0 Å². The van der Waals surface area contributed by atoms with Gasteiger partial charge in [-0.3, -0.25) is 4.79 Å². The van der Waals surface area contributed by atoms with E-state index in [1.807, 2.05) is 0 Å². The van der Waals surface area contributed by atoms with Crippen LogP contribution in [-0.2, 0) is 21.9 Å². The normalized spacial score (nSPS) is 3.57. The van der Waals surface area contributed by atoms with Crippen molar-refractivity contribution in [3.05, 3.63) is 0 Å². The molecule has 1 N–H and O–H groups in total. The molecule has 0 aromatic carbocycles. The van der Waals surface area contributed by atoms with Crippen molar-refractivity contribution in [2.24, 2.45) is 0 Å². The molecule has 0 fully saturated rings. The van der Waals surface area contributed by atoms with Gasteiger partial charge >= 0.3 is 17.1 Å². The van der Waals surface area contributed by atoms with Crippen molar-refractivity contribution in [2.75, 3.05) is 0 Å². The van der Waals surface area contributed by atoms with Gasteiger partial charge in [-0.25, -0.2) is 0 Å². The van der Waals surface area contributed by atoms with E-state index in [0.29, 0.717) is 0 Å². The monoisotopic (exact) mass is 193 g/mol. The summed E-state index contributed by atoms with van der Waals surface area (Å²) in [5, 5.41) is 7.42. The second-order valence-electron chi connectivity index (χ2n) is 0.519. The fourth-order valence-electron chi connectivity index (χ4n) is 0. The Kier molecular flexibility index (Phi) is 58.6. The molecule has 0 aromatic rings. The van der Waals surface area contributed by atoms with Crippen LogP contribution in [0.1, 0.15) is 6.92 Å². The van der Waals surface area contributed by atoms with Gasteiger partial charge in [-0.1, -0.05) is 0 Å². The first-order valence-electron chi connectivity index (χ1n) is 0.928. The Labute approximate surface area is 65.0 Å². The zero-order chi connectivity index (χ0) is 3.58. The maximum atomic E-state index is 9.00. The molecule has 0 aromatic heterocycles. The van der Waals surface area contributed by atoms with E-state index >= 15 is 0 Å². The van der Waals surface area contributed by atoms with E-state index < -0.39 is 5.97 Å². The van der Waals surface area contributed by atoms with Crippen LogP contribution in [0.5, 0.6) is 0 Å². The quantitative estimate of drug-likeness (QED) is 0.390. The van der Waals surface area contributed by atoms with Crippen molar-refractivity contribution in [2.45, 2.75) is 6.92 Å². The summed E-state index contributed by atoms with van der Waals surface area (Å²) in [6.07, 6.45) is 0. The molecule has 0 aliphatic carbocycles. The third kappa shape index (κ3) is 423. The van der Waals surface area contributed by atoms with Gasteiger partial charge in [0.15, 0.2) is 0 Å². The zero-order valence-corrected chi connectivity index (χ0v) is 5.87. The summed E-state index contributed by atoms with van der Waals surface area (Å²) in [6, 6.07) is 0. The Morgan fingerprint density at radius 3 is 1.43 bits per heavy atom. The van der Waals surface area contributed by atoms with Crippen LogP contribution in [-0.4, -0.2) is 11.1 Å². The van der Waals surface area contributed by atoms with Gasteiger partial charge in [0.05, 0.1) is 0 Å². The Morgan fingerprint density at radius 2 is 1.43 bits per heavy atom. The third-order valence-corrected chi connectivity index (χ3v) is 0. The summed E-state index contributed by atoms with van der Waals surface area (Å²) in [7, 11) is 0. The van der Waals surface area contributed by atoms with Gasteiger partial charge in [0.25, 0.3) is 5.97 Å². The van der Waals surface area contributed by atoms with E-state index in [9.17, 15) is 0 Å². The van der Waals surface area contributed by atoms with Crippen molar-refractivity contribution < 1.29 is 51.8 Å². The van der Waals surface area contributed by atoms with Crippen molar-refractivity contribution >= 4 is 5.97 Å². The summed E-state index contributed by atoms with van der Waals surface area (Å²) < 4.78 is 0. The number of carboxylic acid groups (broad SMARTS) is 1. The smallest absolute Gasteiger partial charge is 1.00 e. The first-order valence-corrected chi connectivity index (χ1v) is 0.928. The van der Waals surface area contributed by atoms with Gasteiger partial charge in [0, 0.05) is 6.92 Å². The van der Waals surface area contributed by atoms with Gasteiger partial charge in [0.2, 0.25) is 0 Å². The van der Waals surface area contributed by atoms with E-state index in [-0.39, 0.29) is 41.9 Å². The number of rotatable bonds is 0. The maximum absolute atomic E-state index is 9.00. The van der Waals surface area contributed by atoms with Crippen molar-refractivity contribution in [1.29, 1.82) is 0 Å². The van der Waals surface area contributed by atoms with Crippen LogP contribution >= 0.6 is 0 Å². The average molecular weight is 195 g/mol. The molecule has 0 unspecified atom stereocenters. The Morgan fingerprint density at radius 1 is 1.43 bits per heavy atom. The van der Waals surface area contributed by atoms with Crippen molar-refractivity contribution in [3.8, 4) is 0 Å². The van der Waals surface area contributed by atoms with Crippen LogP contribution in [0, 0.1) is 0 Å². The molecule has 7 heavy (non-hydrogen) atoms. The van der Waals surface area contributed by atoms with Crippen LogP contribution in [0.25, 0.3) is 0 Å². The number of hydrogen-bond donors (Lipinski definition) is 1. The zero-order valence-electron chi connectivity index (χ0n) is 3.41. The van der Waals surface area contributed by atoms with Gasteiger partial charge in [-0.05, 0) is 0 Å². The van der Waals surface area contributed by atoms with Gasteiger partial charge < -0.3 is 29.9 Å². The summed E-state index contributed by atoms with van der Waals surface area (Å²) in [4.78, 5) is 9.00. The topological polar surface area (TPSA) is 37.3 Å². The minimum absolute atomic E-state index is 0. The van der Waals surface area contributed by atoms with Crippen molar-refractivity contribution in [3.63, 3.8) is 0 Å². The SMILES string of the molecule is CC(=O)O.[Cl-].[Cl-].[Cu+2]. The van der Waals surface area contributed by atoms with E-state index in [1.165, 1.54) is 0 Å². The molecular weight excluding hydrogens is 190 g/mol. The Bertz CT molecular complexity index is 36.7. The molecule has 0 heterocycles. The number of carboxylic acids is 1. The molecule has 1 radical (unpaired) electrons. The molecule has 5 heteroatoms. The van der Waals surface area contributed by atoms with Crippen molar-refractivity contribution in [1.82, 2.24) is 0 Å². The summed E-state index contributed by atoms with van der Waals surface area (Å²) in [5.41, 5.74) is 0. The molecule has 0 amide bonds. The summed E-state index contributed by atoms with van der Waals surface area (Å²) >= 11 is 0. The molecule has 0 rings (SSSR count). The molecule has 2 nitrogen and oxygen atoms in total. The molecule has 0 bridgehead atoms. The van der Waals surface area contributed by atoms with Gasteiger partial charge in [-0.2, -0.15) is 0 Å². The summed E-state index contributed by atoms with van der Waals surface area (Å²) in [6.45, 7) is 1.08. The number of hydrogen-bond acceptors (Lipinski definition) is 1. The second kappa shape index (κ2) is 16.0. The van der Waals surface area contributed by atoms with E-state index in [2.05, 4.69) is 0 Å². The van der Waals surface area contributed by atoms with Crippen LogP contribution < -0.4 is 24.8 Å². The van der Waals surface area contributed by atoms with E-state index in [0.717, 1.165) is 6.92 Å². The molecule has 0 aliphatic heterocycles. The average Bonchev–Trinajstić information content (AvgIpc) is 0.811. The second-order valence-corrected chi connectivity index (χ2v) is 0.519. The van der Waals surface area contributed by atoms with Crippen LogP contribution in [0.2, 0.25) is 0 Å². The van der Waals surface area contributed by atoms with E-state index in [4.69, 9.17) is 9.90 Å². The molecule has 49 valence electrons. The number of halogens is 2. The molecule has 0 saturated carbocycles. The van der Waals surface area contributed by atoms with Gasteiger partial charge in [0.1, 0.15) is 0 Å². The first-order chi connectivity index (χ1) is 1.73. The molecular formula is C2H4Cl2CuO2. The van der Waals surface area contributed by atoms with Crippen LogP contribution in [0.3, 0.4) is 0 Å². The molecule has 0 spiro atoms. The first kappa shape index (κ1) is 25.6. The molecule has 0 aliphatic rings. The maximum Gasteiger partial charge on any atom is 2.00 e. The fraction of sp³-hybridized carbons (Fsp3) is 0.500. The minimum Gasteiger partial charge on any atom is -1.00 e. The fourth-order valence-corrected chi connectivity index (χ4v) is 0. The van der Waals surface area contributed by atoms with Gasteiger partial charge in [-0.15, -0.1) is 0 Å². The predicted octanol–water partition coefficient (Wildman–Crippen LogP) is -5.90. The number of carbonyl (C=O) groups is 1. The Balaban J connectivity index is -0.0000000150. The number of aliphatic carboxylic acids is 1. The standard InChI is InChI=1S/C2H4O2.2ClH.Cu/c1-2(3)4;;;/h1H3,(H,3,4);2*1H;/q;;;+2/p-2.